The van der Waals surface area contributed by atoms with Crippen LogP contribution in [0.25, 0.3) is 10.8 Å². The molecule has 0 bridgehead atoms. The Hall–Kier alpha value is -3.79. The minimum absolute atomic E-state index is 0.0701. The van der Waals surface area contributed by atoms with E-state index in [0.29, 0.717) is 13.2 Å². The van der Waals surface area contributed by atoms with E-state index >= 15 is 0 Å². The molecule has 1 N–H and O–H groups in total. The quantitative estimate of drug-likeness (QED) is 0.266. The van der Waals surface area contributed by atoms with Crippen LogP contribution in [0, 0.1) is 0 Å². The summed E-state index contributed by atoms with van der Waals surface area (Å²) in [5.74, 6) is 0.906. The van der Waals surface area contributed by atoms with Crippen LogP contribution < -0.4 is 10.1 Å². The van der Waals surface area contributed by atoms with E-state index in [1.54, 1.807) is 0 Å². The summed E-state index contributed by atoms with van der Waals surface area (Å²) in [6.45, 7) is 3.47. The summed E-state index contributed by atoms with van der Waals surface area (Å²) in [4.78, 5) is 15.6. The van der Waals surface area contributed by atoms with Crippen LogP contribution in [0.2, 0.25) is 0 Å². The van der Waals surface area contributed by atoms with Gasteiger partial charge in [-0.25, -0.2) is 0 Å². The first-order valence-electron chi connectivity index (χ1n) is 12.6. The van der Waals surface area contributed by atoms with Crippen LogP contribution in [0.15, 0.2) is 91.0 Å². The first-order valence-corrected chi connectivity index (χ1v) is 12.6. The third kappa shape index (κ3) is 4.88. The molecule has 5 rings (SSSR count). The Balaban J connectivity index is 1.49. The van der Waals surface area contributed by atoms with Gasteiger partial charge in [0.05, 0.1) is 12.2 Å². The molecule has 4 aromatic carbocycles. The molecule has 35 heavy (non-hydrogen) atoms. The summed E-state index contributed by atoms with van der Waals surface area (Å²) < 4.78 is 6.42. The minimum Gasteiger partial charge on any atom is -0.493 e. The average molecular weight is 465 g/mol. The van der Waals surface area contributed by atoms with Gasteiger partial charge in [0, 0.05) is 17.8 Å². The maximum atomic E-state index is 13.6. The Labute approximate surface area is 207 Å². The summed E-state index contributed by atoms with van der Waals surface area (Å²) in [5, 5.41) is 5.93. The van der Waals surface area contributed by atoms with Gasteiger partial charge in [-0.1, -0.05) is 86.1 Å². The van der Waals surface area contributed by atoms with E-state index in [1.165, 1.54) is 5.56 Å². The van der Waals surface area contributed by atoms with Crippen molar-refractivity contribution in [2.45, 2.75) is 38.8 Å². The van der Waals surface area contributed by atoms with Crippen LogP contribution in [-0.4, -0.2) is 24.0 Å². The third-order valence-corrected chi connectivity index (χ3v) is 6.69. The van der Waals surface area contributed by atoms with Crippen molar-refractivity contribution in [1.82, 2.24) is 4.90 Å². The first kappa shape index (κ1) is 23.0. The molecule has 0 fully saturated rings. The van der Waals surface area contributed by atoms with Crippen LogP contribution in [0.4, 0.5) is 5.69 Å². The highest BCUT2D eigenvalue weighted by Gasteiger charge is 2.35. The highest BCUT2D eigenvalue weighted by molar-refractivity contribution is 6.02. The topological polar surface area (TPSA) is 41.6 Å². The fourth-order valence-corrected chi connectivity index (χ4v) is 4.87. The van der Waals surface area contributed by atoms with E-state index in [0.717, 1.165) is 59.0 Å². The van der Waals surface area contributed by atoms with E-state index in [2.05, 4.69) is 72.9 Å². The summed E-state index contributed by atoms with van der Waals surface area (Å²) in [7, 11) is 0. The fourth-order valence-electron chi connectivity index (χ4n) is 4.87. The number of hydrogen-bond donors (Lipinski definition) is 1. The molecule has 1 atom stereocenters. The average Bonchev–Trinajstić information content (AvgIpc) is 2.91. The zero-order chi connectivity index (χ0) is 24.0. The number of unbranched alkanes of at least 4 members (excludes halogenated alkanes) is 1. The van der Waals surface area contributed by atoms with Gasteiger partial charge >= 0.3 is 0 Å². The van der Waals surface area contributed by atoms with Gasteiger partial charge in [-0.3, -0.25) is 4.79 Å². The maximum Gasteiger partial charge on any atom is 0.257 e. The molecule has 1 amide bonds. The summed E-state index contributed by atoms with van der Waals surface area (Å²) in [5.41, 5.74) is 3.95. The standard InChI is InChI=1S/C31H32N2O2/c1-2-3-21-33-30(32-27-18-10-9-17-26(27)31(33)34)29-25-16-8-7-15-24(25)19-20-28(29)35-22-11-14-23-12-5-4-6-13-23/h4-10,12-13,15-20,30,32H,2-3,11,14,21-22H2,1H3. The van der Waals surface area contributed by atoms with Crippen molar-refractivity contribution >= 4 is 22.4 Å². The normalized spacial score (nSPS) is 15.1. The lowest BCUT2D eigenvalue weighted by Gasteiger charge is -2.39. The predicted octanol–water partition coefficient (Wildman–Crippen LogP) is 7.22. The third-order valence-electron chi connectivity index (χ3n) is 6.69. The van der Waals surface area contributed by atoms with Crippen LogP contribution >= 0.6 is 0 Å². The molecule has 1 unspecified atom stereocenters. The van der Waals surface area contributed by atoms with Gasteiger partial charge in [-0.2, -0.15) is 0 Å². The largest absolute Gasteiger partial charge is 0.493 e. The van der Waals surface area contributed by atoms with Gasteiger partial charge in [0.1, 0.15) is 11.9 Å². The number of amides is 1. The number of carbonyl (C=O) groups excluding carboxylic acids is 1. The molecule has 1 aliphatic rings. The molecule has 178 valence electrons. The highest BCUT2D eigenvalue weighted by atomic mass is 16.5. The Morgan fingerprint density at radius 2 is 1.63 bits per heavy atom. The Bertz CT molecular complexity index is 1300. The van der Waals surface area contributed by atoms with Crippen molar-refractivity contribution < 1.29 is 9.53 Å². The number of fused-ring (bicyclic) bond motifs is 2. The zero-order valence-corrected chi connectivity index (χ0v) is 20.2. The molecule has 0 spiro atoms. The lowest BCUT2D eigenvalue weighted by molar-refractivity contribution is 0.0679. The summed E-state index contributed by atoms with van der Waals surface area (Å²) in [6, 6.07) is 30.8. The number of carbonyl (C=O) groups is 1. The molecule has 0 aliphatic carbocycles. The lowest BCUT2D eigenvalue weighted by atomic mass is 9.97. The predicted molar refractivity (Wildman–Crippen MR) is 143 cm³/mol. The van der Waals surface area contributed by atoms with E-state index in [-0.39, 0.29) is 12.1 Å². The van der Waals surface area contributed by atoms with Crippen molar-refractivity contribution in [3.8, 4) is 5.75 Å². The molecule has 4 heteroatoms. The van der Waals surface area contributed by atoms with Crippen molar-refractivity contribution in [3.05, 3.63) is 108 Å². The SMILES string of the molecule is CCCCN1C(=O)c2ccccc2NC1c1c(OCCCc2ccccc2)ccc2ccccc12. The number of rotatable bonds is 9. The van der Waals surface area contributed by atoms with Gasteiger partial charge < -0.3 is 15.0 Å². The van der Waals surface area contributed by atoms with Crippen LogP contribution in [0.5, 0.6) is 5.75 Å². The summed E-state index contributed by atoms with van der Waals surface area (Å²) in [6.07, 6.45) is 3.58. The first-order chi connectivity index (χ1) is 17.3. The Morgan fingerprint density at radius 3 is 2.49 bits per heavy atom. The molecule has 0 aromatic heterocycles. The molecule has 4 aromatic rings. The number of nitrogens with one attached hydrogen (secondary N) is 1. The van der Waals surface area contributed by atoms with E-state index < -0.39 is 0 Å². The molecule has 0 radical (unpaired) electrons. The second-order valence-electron chi connectivity index (χ2n) is 9.08. The van der Waals surface area contributed by atoms with Crippen molar-refractivity contribution in [1.29, 1.82) is 0 Å². The lowest BCUT2D eigenvalue weighted by Crippen LogP contribution is -2.43. The fraction of sp³-hybridized carbons (Fsp3) is 0.258. The number of para-hydroxylation sites is 1. The van der Waals surface area contributed by atoms with Crippen molar-refractivity contribution in [2.24, 2.45) is 0 Å². The number of hydrogen-bond acceptors (Lipinski definition) is 3. The number of nitrogens with zero attached hydrogens (tertiary/aromatic N) is 1. The highest BCUT2D eigenvalue weighted by Crippen LogP contribution is 2.40. The van der Waals surface area contributed by atoms with Crippen molar-refractivity contribution in [3.63, 3.8) is 0 Å². The second-order valence-corrected chi connectivity index (χ2v) is 9.08. The number of anilines is 1. The zero-order valence-electron chi connectivity index (χ0n) is 20.2. The molecular formula is C31H32N2O2. The second kappa shape index (κ2) is 10.6. The van der Waals surface area contributed by atoms with Crippen LogP contribution in [0.3, 0.4) is 0 Å². The van der Waals surface area contributed by atoms with Gasteiger partial charge in [0.15, 0.2) is 0 Å². The van der Waals surface area contributed by atoms with Crippen LogP contribution in [0.1, 0.15) is 53.8 Å². The number of ether oxygens (including phenoxy) is 1. The smallest absolute Gasteiger partial charge is 0.257 e. The minimum atomic E-state index is -0.292. The molecule has 1 aliphatic heterocycles. The Kier molecular flexibility index (Phi) is 6.99. The number of aryl methyl sites for hydroxylation is 1. The number of benzene rings is 4. The molecular weight excluding hydrogens is 432 g/mol. The monoisotopic (exact) mass is 464 g/mol. The van der Waals surface area contributed by atoms with Crippen LogP contribution in [-0.2, 0) is 6.42 Å². The van der Waals surface area contributed by atoms with Gasteiger partial charge in [-0.05, 0) is 53.8 Å². The van der Waals surface area contributed by atoms with Gasteiger partial charge in [-0.15, -0.1) is 0 Å². The molecule has 0 saturated carbocycles. The maximum absolute atomic E-state index is 13.6. The molecule has 1 heterocycles. The van der Waals surface area contributed by atoms with Gasteiger partial charge in [0.25, 0.3) is 5.91 Å². The van der Waals surface area contributed by atoms with E-state index in [4.69, 9.17) is 4.74 Å². The Morgan fingerprint density at radius 1 is 0.857 bits per heavy atom. The summed E-state index contributed by atoms with van der Waals surface area (Å²) >= 11 is 0. The molecule has 0 saturated heterocycles. The van der Waals surface area contributed by atoms with E-state index in [1.807, 2.05) is 35.2 Å². The van der Waals surface area contributed by atoms with E-state index in [9.17, 15) is 4.79 Å². The van der Waals surface area contributed by atoms with Gasteiger partial charge in [0.2, 0.25) is 0 Å². The van der Waals surface area contributed by atoms with Crippen molar-refractivity contribution in [2.75, 3.05) is 18.5 Å². The molecule has 4 nitrogen and oxygen atoms in total.